The van der Waals surface area contributed by atoms with Crippen LogP contribution in [-0.4, -0.2) is 40.9 Å². The number of halogens is 1. The lowest BCUT2D eigenvalue weighted by Crippen LogP contribution is -2.35. The third-order valence-corrected chi connectivity index (χ3v) is 7.61. The van der Waals surface area contributed by atoms with Gasteiger partial charge in [-0.1, -0.05) is 36.7 Å². The number of aromatic hydroxyl groups is 2. The molecule has 2 heterocycles. The molecule has 5 nitrogen and oxygen atoms in total. The van der Waals surface area contributed by atoms with Gasteiger partial charge in [-0.3, -0.25) is 4.90 Å². The smallest absolute Gasteiger partial charge is 0.150 e. The van der Waals surface area contributed by atoms with E-state index in [0.29, 0.717) is 23.4 Å². The number of phenolic OH excluding ortho intramolecular Hbond substituents is 2. The van der Waals surface area contributed by atoms with Gasteiger partial charge in [0.2, 0.25) is 0 Å². The number of rotatable bonds is 6. The fourth-order valence-electron chi connectivity index (χ4n) is 5.15. The minimum absolute atomic E-state index is 0.0141. The van der Waals surface area contributed by atoms with E-state index >= 15 is 0 Å². The van der Waals surface area contributed by atoms with Gasteiger partial charge in [-0.05, 0) is 91.9 Å². The molecular formula is C30H32ClNO4. The Kier molecular flexibility index (Phi) is 6.87. The summed E-state index contributed by atoms with van der Waals surface area (Å²) in [5, 5.41) is 20.7. The predicted molar refractivity (Wildman–Crippen MR) is 144 cm³/mol. The number of allylic oxidation sites excluding steroid dienone is 1. The van der Waals surface area contributed by atoms with Crippen LogP contribution in [-0.2, 0) is 0 Å². The summed E-state index contributed by atoms with van der Waals surface area (Å²) >= 11 is 6.08. The topological polar surface area (TPSA) is 62.2 Å². The Bertz CT molecular complexity index is 1290. The van der Waals surface area contributed by atoms with E-state index < -0.39 is 6.10 Å². The Balaban J connectivity index is 1.42. The maximum Gasteiger partial charge on any atom is 0.150 e. The van der Waals surface area contributed by atoms with Crippen molar-refractivity contribution < 1.29 is 19.7 Å². The number of hydrogen-bond acceptors (Lipinski definition) is 5. The van der Waals surface area contributed by atoms with Crippen molar-refractivity contribution in [3.05, 3.63) is 82.4 Å². The molecule has 0 amide bonds. The number of phenols is 2. The van der Waals surface area contributed by atoms with Crippen LogP contribution in [0.4, 0.5) is 0 Å². The normalized spacial score (nSPS) is 20.7. The Hall–Kier alpha value is -3.15. The average Bonchev–Trinajstić information content (AvgIpc) is 3.31. The van der Waals surface area contributed by atoms with Gasteiger partial charge in [-0.25, -0.2) is 0 Å². The zero-order valence-corrected chi connectivity index (χ0v) is 21.6. The van der Waals surface area contributed by atoms with Crippen LogP contribution in [0.25, 0.3) is 11.1 Å². The van der Waals surface area contributed by atoms with Gasteiger partial charge in [0.1, 0.15) is 35.7 Å². The summed E-state index contributed by atoms with van der Waals surface area (Å²) in [7, 11) is 0. The maximum atomic E-state index is 10.3. The Morgan fingerprint density at radius 1 is 1.08 bits per heavy atom. The quantitative estimate of drug-likeness (QED) is 0.380. The lowest BCUT2D eigenvalue weighted by molar-refractivity contribution is 0.169. The summed E-state index contributed by atoms with van der Waals surface area (Å²) in [6.45, 7) is 9.45. The second kappa shape index (κ2) is 10.1. The van der Waals surface area contributed by atoms with Crippen LogP contribution < -0.4 is 9.47 Å². The third kappa shape index (κ3) is 4.91. The summed E-state index contributed by atoms with van der Waals surface area (Å²) in [4.78, 5) is 2.49. The summed E-state index contributed by atoms with van der Waals surface area (Å²) in [6, 6.07) is 18.7. The van der Waals surface area contributed by atoms with E-state index in [4.69, 9.17) is 21.1 Å². The molecule has 0 spiro atoms. The Morgan fingerprint density at radius 2 is 1.86 bits per heavy atom. The molecule has 188 valence electrons. The first-order valence-corrected chi connectivity index (χ1v) is 12.8. The van der Waals surface area contributed by atoms with Crippen LogP contribution in [0.1, 0.15) is 50.0 Å². The number of likely N-dealkylation sites (tertiary alicyclic amines) is 1. The van der Waals surface area contributed by atoms with Crippen LogP contribution in [0.15, 0.2) is 60.7 Å². The standard InChI is InChI=1S/C30H32ClNO4/c1-18-12-13-32(16-18)19(2)17-35-24-8-4-21(5-9-24)30-29(22-6-10-26(31)27(34)14-22)20(3)25-15-23(33)7-11-28(25)36-30/h4-11,14-15,18-19,30,33-34H,12-13,16-17H2,1-3H3/t18-,19+,30?/m1/s1. The van der Waals surface area contributed by atoms with E-state index in [1.807, 2.05) is 37.3 Å². The lowest BCUT2D eigenvalue weighted by atomic mass is 9.86. The van der Waals surface area contributed by atoms with Gasteiger partial charge in [0.25, 0.3) is 0 Å². The van der Waals surface area contributed by atoms with Gasteiger partial charge in [0.15, 0.2) is 0 Å². The van der Waals surface area contributed by atoms with Gasteiger partial charge in [0, 0.05) is 23.7 Å². The second-order valence-corrected chi connectivity index (χ2v) is 10.4. The predicted octanol–water partition coefficient (Wildman–Crippen LogP) is 6.92. The molecule has 1 unspecified atom stereocenters. The number of fused-ring (bicyclic) bond motifs is 1. The molecule has 1 saturated heterocycles. The van der Waals surface area contributed by atoms with Crippen molar-refractivity contribution in [2.45, 2.75) is 39.3 Å². The molecule has 0 bridgehead atoms. The monoisotopic (exact) mass is 505 g/mol. The highest BCUT2D eigenvalue weighted by atomic mass is 35.5. The van der Waals surface area contributed by atoms with E-state index in [0.717, 1.165) is 52.6 Å². The molecule has 5 rings (SSSR count). The SMILES string of the molecule is CC1=C(c2ccc(Cl)c(O)c2)C(c2ccc(OC[C@H](C)N3CC[C@@H](C)C3)cc2)Oc2ccc(O)cc21. The Morgan fingerprint density at radius 3 is 2.56 bits per heavy atom. The molecule has 0 aromatic heterocycles. The minimum Gasteiger partial charge on any atom is -0.508 e. The molecule has 2 aliphatic heterocycles. The van der Waals surface area contributed by atoms with Crippen molar-refractivity contribution >= 4 is 22.7 Å². The first kappa shape index (κ1) is 24.5. The first-order chi connectivity index (χ1) is 17.3. The van der Waals surface area contributed by atoms with Gasteiger partial charge in [-0.2, -0.15) is 0 Å². The molecule has 3 atom stereocenters. The van der Waals surface area contributed by atoms with Crippen LogP contribution in [0, 0.1) is 5.92 Å². The fraction of sp³-hybridized carbons (Fsp3) is 0.333. The molecule has 3 aromatic rings. The number of benzene rings is 3. The molecule has 0 aliphatic carbocycles. The molecule has 3 aromatic carbocycles. The molecule has 0 radical (unpaired) electrons. The largest absolute Gasteiger partial charge is 0.508 e. The van der Waals surface area contributed by atoms with Gasteiger partial charge in [0.05, 0.1) is 5.02 Å². The van der Waals surface area contributed by atoms with Crippen molar-refractivity contribution in [2.24, 2.45) is 5.92 Å². The van der Waals surface area contributed by atoms with Crippen molar-refractivity contribution in [3.63, 3.8) is 0 Å². The second-order valence-electron chi connectivity index (χ2n) is 10.0. The molecule has 1 fully saturated rings. The fourth-order valence-corrected chi connectivity index (χ4v) is 5.27. The molecule has 0 saturated carbocycles. The third-order valence-electron chi connectivity index (χ3n) is 7.29. The average molecular weight is 506 g/mol. The highest BCUT2D eigenvalue weighted by Crippen LogP contribution is 2.48. The summed E-state index contributed by atoms with van der Waals surface area (Å²) in [5.41, 5.74) is 4.47. The molecule has 36 heavy (non-hydrogen) atoms. The summed E-state index contributed by atoms with van der Waals surface area (Å²) in [5.74, 6) is 2.47. The lowest BCUT2D eigenvalue weighted by Gasteiger charge is -2.31. The van der Waals surface area contributed by atoms with Crippen molar-refractivity contribution in [3.8, 4) is 23.0 Å². The van der Waals surface area contributed by atoms with Crippen molar-refractivity contribution in [1.29, 1.82) is 0 Å². The highest BCUT2D eigenvalue weighted by Gasteiger charge is 2.30. The zero-order valence-electron chi connectivity index (χ0n) is 20.9. The van der Waals surface area contributed by atoms with Gasteiger partial charge < -0.3 is 19.7 Å². The summed E-state index contributed by atoms with van der Waals surface area (Å²) in [6.07, 6.45) is 0.853. The molecular weight excluding hydrogens is 474 g/mol. The highest BCUT2D eigenvalue weighted by molar-refractivity contribution is 6.32. The van der Waals surface area contributed by atoms with Crippen LogP contribution in [0.5, 0.6) is 23.0 Å². The van der Waals surface area contributed by atoms with Crippen LogP contribution in [0.2, 0.25) is 5.02 Å². The Labute approximate surface area is 217 Å². The van der Waals surface area contributed by atoms with E-state index in [-0.39, 0.29) is 11.5 Å². The summed E-state index contributed by atoms with van der Waals surface area (Å²) < 4.78 is 12.6. The number of nitrogens with zero attached hydrogens (tertiary/aromatic N) is 1. The van der Waals surface area contributed by atoms with E-state index in [9.17, 15) is 10.2 Å². The van der Waals surface area contributed by atoms with E-state index in [1.54, 1.807) is 30.3 Å². The maximum absolute atomic E-state index is 10.3. The van der Waals surface area contributed by atoms with Crippen molar-refractivity contribution in [2.75, 3.05) is 19.7 Å². The molecule has 6 heteroatoms. The number of ether oxygens (including phenoxy) is 2. The number of hydrogen-bond donors (Lipinski definition) is 2. The zero-order chi connectivity index (χ0) is 25.4. The minimum atomic E-state index is -0.401. The first-order valence-electron chi connectivity index (χ1n) is 12.5. The molecule has 2 N–H and O–H groups in total. The van der Waals surface area contributed by atoms with Gasteiger partial charge >= 0.3 is 0 Å². The van der Waals surface area contributed by atoms with Crippen molar-refractivity contribution in [1.82, 2.24) is 4.90 Å². The van der Waals surface area contributed by atoms with E-state index in [2.05, 4.69) is 18.7 Å². The molecule has 2 aliphatic rings. The van der Waals surface area contributed by atoms with Gasteiger partial charge in [-0.15, -0.1) is 0 Å². The van der Waals surface area contributed by atoms with E-state index in [1.165, 1.54) is 6.42 Å². The van der Waals surface area contributed by atoms with Crippen LogP contribution >= 0.6 is 11.6 Å². The van der Waals surface area contributed by atoms with Crippen LogP contribution in [0.3, 0.4) is 0 Å².